The molecule has 0 saturated carbocycles. The van der Waals surface area contributed by atoms with Crippen molar-refractivity contribution in [2.45, 2.75) is 24.8 Å². The van der Waals surface area contributed by atoms with E-state index in [0.717, 1.165) is 15.6 Å². The first-order chi connectivity index (χ1) is 17.2. The van der Waals surface area contributed by atoms with E-state index in [9.17, 15) is 18.0 Å². The predicted octanol–water partition coefficient (Wildman–Crippen LogP) is 5.43. The van der Waals surface area contributed by atoms with Crippen molar-refractivity contribution in [2.75, 3.05) is 25.0 Å². The number of fused-ring (bicyclic) bond motifs is 1. The SMILES string of the molecule is CCN(CC)S(=O)(=O)c1ccc(Br)c(C(=O)N2CC(=O)Nc3ccc(Br)cc3C2c2ccccc2)c1. The molecule has 0 spiro atoms. The van der Waals surface area contributed by atoms with Gasteiger partial charge in [-0.1, -0.05) is 60.1 Å². The summed E-state index contributed by atoms with van der Waals surface area (Å²) in [5.41, 5.74) is 2.35. The topological polar surface area (TPSA) is 86.8 Å². The van der Waals surface area contributed by atoms with Crippen molar-refractivity contribution >= 4 is 59.4 Å². The van der Waals surface area contributed by atoms with Gasteiger partial charge in [-0.3, -0.25) is 9.59 Å². The van der Waals surface area contributed by atoms with Crippen molar-refractivity contribution in [1.29, 1.82) is 0 Å². The zero-order chi connectivity index (χ0) is 26.0. The number of nitrogens with zero attached hydrogens (tertiary/aromatic N) is 2. The molecule has 1 N–H and O–H groups in total. The molecule has 4 rings (SSSR count). The third-order valence-corrected chi connectivity index (χ3v) is 9.33. The fraction of sp³-hybridized carbons (Fsp3) is 0.231. The Hall–Kier alpha value is -2.53. The lowest BCUT2D eigenvalue weighted by molar-refractivity contribution is -0.117. The second-order valence-electron chi connectivity index (χ2n) is 8.26. The average molecular weight is 635 g/mol. The van der Waals surface area contributed by atoms with E-state index >= 15 is 0 Å². The van der Waals surface area contributed by atoms with Gasteiger partial charge in [-0.05, 0) is 57.9 Å². The minimum atomic E-state index is -3.79. The fourth-order valence-corrected chi connectivity index (χ4v) is 6.64. The highest BCUT2D eigenvalue weighted by atomic mass is 79.9. The van der Waals surface area contributed by atoms with Gasteiger partial charge < -0.3 is 10.2 Å². The maximum Gasteiger partial charge on any atom is 0.256 e. The van der Waals surface area contributed by atoms with Crippen LogP contribution in [-0.4, -0.2) is 49.1 Å². The first kappa shape index (κ1) is 26.5. The maximum atomic E-state index is 14.1. The van der Waals surface area contributed by atoms with E-state index in [-0.39, 0.29) is 22.9 Å². The molecular weight excluding hydrogens is 610 g/mol. The number of hydrogen-bond acceptors (Lipinski definition) is 4. The van der Waals surface area contributed by atoms with Gasteiger partial charge in [0.1, 0.15) is 6.54 Å². The molecule has 0 saturated heterocycles. The largest absolute Gasteiger partial charge is 0.324 e. The molecule has 3 aromatic carbocycles. The molecule has 0 aromatic heterocycles. The summed E-state index contributed by atoms with van der Waals surface area (Å²) in [5, 5.41) is 2.90. The Bertz CT molecular complexity index is 1410. The summed E-state index contributed by atoms with van der Waals surface area (Å²) in [4.78, 5) is 28.5. The first-order valence-electron chi connectivity index (χ1n) is 11.4. The summed E-state index contributed by atoms with van der Waals surface area (Å²) in [5.74, 6) is -0.802. The lowest BCUT2D eigenvalue weighted by Gasteiger charge is -2.31. The number of amides is 2. The summed E-state index contributed by atoms with van der Waals surface area (Å²) in [6.07, 6.45) is 0. The number of carbonyl (C=O) groups excluding carboxylic acids is 2. The molecule has 36 heavy (non-hydrogen) atoms. The highest BCUT2D eigenvalue weighted by Gasteiger charge is 2.35. The maximum absolute atomic E-state index is 14.1. The van der Waals surface area contributed by atoms with Crippen LogP contribution >= 0.6 is 31.9 Å². The average Bonchev–Trinajstić information content (AvgIpc) is 3.00. The van der Waals surface area contributed by atoms with Crippen molar-refractivity contribution in [1.82, 2.24) is 9.21 Å². The normalized spacial score (nSPS) is 15.9. The zero-order valence-electron chi connectivity index (χ0n) is 19.7. The van der Waals surface area contributed by atoms with E-state index in [1.807, 2.05) is 42.5 Å². The lowest BCUT2D eigenvalue weighted by atomic mass is 9.95. The molecule has 0 radical (unpaired) electrons. The van der Waals surface area contributed by atoms with Crippen LogP contribution in [-0.2, 0) is 14.8 Å². The van der Waals surface area contributed by atoms with Gasteiger partial charge in [0.2, 0.25) is 15.9 Å². The van der Waals surface area contributed by atoms with Crippen LogP contribution in [0.15, 0.2) is 80.6 Å². The highest BCUT2D eigenvalue weighted by Crippen LogP contribution is 2.38. The third-order valence-electron chi connectivity index (χ3n) is 6.10. The Morgan fingerprint density at radius 2 is 1.72 bits per heavy atom. The van der Waals surface area contributed by atoms with E-state index < -0.39 is 22.0 Å². The molecule has 188 valence electrons. The van der Waals surface area contributed by atoms with Gasteiger partial charge in [0.25, 0.3) is 5.91 Å². The van der Waals surface area contributed by atoms with E-state index in [0.29, 0.717) is 23.2 Å². The molecule has 1 unspecified atom stereocenters. The predicted molar refractivity (Wildman–Crippen MR) is 146 cm³/mol. The number of carbonyl (C=O) groups is 2. The van der Waals surface area contributed by atoms with E-state index in [2.05, 4.69) is 37.2 Å². The summed E-state index contributed by atoms with van der Waals surface area (Å²) >= 11 is 6.93. The van der Waals surface area contributed by atoms with Gasteiger partial charge in [0.15, 0.2) is 0 Å². The number of benzene rings is 3. The summed E-state index contributed by atoms with van der Waals surface area (Å²) in [7, 11) is -3.79. The molecule has 0 bridgehead atoms. The van der Waals surface area contributed by atoms with Crippen molar-refractivity contribution in [3.8, 4) is 0 Å². The van der Waals surface area contributed by atoms with E-state index in [1.54, 1.807) is 26.0 Å². The van der Waals surface area contributed by atoms with E-state index in [4.69, 9.17) is 0 Å². The second-order valence-corrected chi connectivity index (χ2v) is 12.0. The Kier molecular flexibility index (Phi) is 7.99. The number of anilines is 1. The first-order valence-corrected chi connectivity index (χ1v) is 14.4. The van der Waals surface area contributed by atoms with Gasteiger partial charge in [-0.15, -0.1) is 0 Å². The Labute approximate surface area is 227 Å². The van der Waals surface area contributed by atoms with Crippen LogP contribution in [0.2, 0.25) is 0 Å². The van der Waals surface area contributed by atoms with Gasteiger partial charge in [-0.25, -0.2) is 8.42 Å². The van der Waals surface area contributed by atoms with Crippen LogP contribution in [0.5, 0.6) is 0 Å². The van der Waals surface area contributed by atoms with Gasteiger partial charge in [-0.2, -0.15) is 4.31 Å². The minimum absolute atomic E-state index is 0.0245. The van der Waals surface area contributed by atoms with Crippen LogP contribution in [0.4, 0.5) is 5.69 Å². The number of rotatable bonds is 6. The van der Waals surface area contributed by atoms with Crippen LogP contribution in [0.1, 0.15) is 41.4 Å². The second kappa shape index (κ2) is 10.8. The molecule has 1 aliphatic heterocycles. The molecule has 0 fully saturated rings. The number of hydrogen-bond donors (Lipinski definition) is 1. The highest BCUT2D eigenvalue weighted by molar-refractivity contribution is 9.10. The van der Waals surface area contributed by atoms with Crippen LogP contribution in [0.3, 0.4) is 0 Å². The zero-order valence-corrected chi connectivity index (χ0v) is 23.7. The fourth-order valence-electron chi connectivity index (χ4n) is 4.36. The van der Waals surface area contributed by atoms with Crippen LogP contribution in [0.25, 0.3) is 0 Å². The molecule has 10 heteroatoms. The monoisotopic (exact) mass is 633 g/mol. The smallest absolute Gasteiger partial charge is 0.256 e. The van der Waals surface area contributed by atoms with E-state index in [1.165, 1.54) is 21.3 Å². The molecule has 0 aliphatic carbocycles. The molecular formula is C26H25Br2N3O4S. The molecule has 1 aliphatic rings. The van der Waals surface area contributed by atoms with Crippen molar-refractivity contribution in [2.24, 2.45) is 0 Å². The minimum Gasteiger partial charge on any atom is -0.324 e. The molecule has 3 aromatic rings. The standard InChI is InChI=1S/C26H25Br2N3O4S/c1-3-30(4-2)36(34,35)19-11-12-22(28)20(15-19)26(33)31-16-24(32)29-23-13-10-18(27)14-21(23)25(31)17-8-6-5-7-9-17/h5-15,25H,3-4,16H2,1-2H3,(H,29,32). The van der Waals surface area contributed by atoms with Crippen LogP contribution < -0.4 is 5.32 Å². The third kappa shape index (κ3) is 5.13. The molecule has 1 atom stereocenters. The van der Waals surface area contributed by atoms with Crippen molar-refractivity contribution in [3.63, 3.8) is 0 Å². The Balaban J connectivity index is 1.87. The lowest BCUT2D eigenvalue weighted by Crippen LogP contribution is -2.39. The molecule has 7 nitrogen and oxygen atoms in total. The number of nitrogens with one attached hydrogen (secondary N) is 1. The quantitative estimate of drug-likeness (QED) is 0.392. The van der Waals surface area contributed by atoms with Crippen LogP contribution in [0, 0.1) is 0 Å². The summed E-state index contributed by atoms with van der Waals surface area (Å²) in [6.45, 7) is 3.95. The van der Waals surface area contributed by atoms with Gasteiger partial charge >= 0.3 is 0 Å². The van der Waals surface area contributed by atoms with Gasteiger partial charge in [0, 0.05) is 33.3 Å². The summed E-state index contributed by atoms with van der Waals surface area (Å²) in [6, 6.07) is 18.8. The Morgan fingerprint density at radius 1 is 1.03 bits per heavy atom. The van der Waals surface area contributed by atoms with Crippen molar-refractivity contribution in [3.05, 3.63) is 92.4 Å². The molecule has 1 heterocycles. The number of sulfonamides is 1. The van der Waals surface area contributed by atoms with Gasteiger partial charge in [0.05, 0.1) is 16.5 Å². The molecule has 2 amide bonds. The Morgan fingerprint density at radius 3 is 2.39 bits per heavy atom. The summed E-state index contributed by atoms with van der Waals surface area (Å²) < 4.78 is 28.9. The van der Waals surface area contributed by atoms with Crippen molar-refractivity contribution < 1.29 is 18.0 Å². The number of halogens is 2.